The largest absolute Gasteiger partial charge is 0.497 e. The van der Waals surface area contributed by atoms with Gasteiger partial charge in [0, 0.05) is 19.2 Å². The fourth-order valence-corrected chi connectivity index (χ4v) is 2.88. The van der Waals surface area contributed by atoms with Crippen molar-refractivity contribution in [3.8, 4) is 11.5 Å². The smallest absolute Gasteiger partial charge is 0.122 e. The molecule has 1 N–H and O–H groups in total. The topological polar surface area (TPSA) is 46.9 Å². The monoisotopic (exact) mass is 332 g/mol. The van der Waals surface area contributed by atoms with Crippen LogP contribution in [0.4, 0.5) is 0 Å². The summed E-state index contributed by atoms with van der Waals surface area (Å²) in [4.78, 5) is 2.39. The quantitative estimate of drug-likeness (QED) is 0.722. The average molecular weight is 332 g/mol. The molecule has 24 heavy (non-hydrogen) atoms. The number of ether oxygens (including phenoxy) is 2. The fraction of sp³-hybridized carbons (Fsp3) is 0.474. The lowest BCUT2D eigenvalue weighted by atomic mass is 10.1. The molecule has 1 unspecified atom stereocenters. The van der Waals surface area contributed by atoms with E-state index in [1.54, 1.807) is 20.5 Å². The van der Waals surface area contributed by atoms with E-state index < -0.39 is 0 Å². The van der Waals surface area contributed by atoms with Crippen LogP contribution < -0.4 is 14.8 Å². The van der Waals surface area contributed by atoms with Crippen LogP contribution in [0, 0.1) is 0 Å². The Morgan fingerprint density at radius 1 is 1.08 bits per heavy atom. The van der Waals surface area contributed by atoms with Gasteiger partial charge in [0.15, 0.2) is 0 Å². The molecule has 132 valence electrons. The van der Waals surface area contributed by atoms with Crippen molar-refractivity contribution in [1.29, 1.82) is 0 Å². The molecular weight excluding hydrogens is 304 g/mol. The second-order valence-electron chi connectivity index (χ2n) is 5.60. The zero-order valence-corrected chi connectivity index (χ0v) is 15.0. The molecule has 5 heteroatoms. The van der Waals surface area contributed by atoms with Crippen molar-refractivity contribution < 1.29 is 13.9 Å². The van der Waals surface area contributed by atoms with Gasteiger partial charge in [-0.15, -0.1) is 0 Å². The summed E-state index contributed by atoms with van der Waals surface area (Å²) >= 11 is 0. The second kappa shape index (κ2) is 9.35. The first-order valence-corrected chi connectivity index (χ1v) is 8.41. The van der Waals surface area contributed by atoms with Gasteiger partial charge in [-0.3, -0.25) is 4.90 Å². The molecule has 0 saturated carbocycles. The van der Waals surface area contributed by atoms with Crippen LogP contribution in [0.25, 0.3) is 0 Å². The van der Waals surface area contributed by atoms with Crippen LogP contribution in [0.2, 0.25) is 0 Å². The van der Waals surface area contributed by atoms with Crippen LogP contribution in [0.15, 0.2) is 41.0 Å². The molecule has 0 aliphatic heterocycles. The number of furan rings is 1. The zero-order chi connectivity index (χ0) is 17.4. The molecule has 0 aliphatic rings. The zero-order valence-electron chi connectivity index (χ0n) is 15.0. The molecule has 2 aromatic rings. The first kappa shape index (κ1) is 18.4. The molecule has 0 spiro atoms. The van der Waals surface area contributed by atoms with E-state index in [9.17, 15) is 0 Å². The number of nitrogens with zero attached hydrogens (tertiary/aromatic N) is 1. The molecule has 0 saturated heterocycles. The third-order valence-corrected chi connectivity index (χ3v) is 4.20. The minimum absolute atomic E-state index is 0.225. The van der Waals surface area contributed by atoms with Crippen molar-refractivity contribution in [2.75, 3.05) is 33.9 Å². The van der Waals surface area contributed by atoms with Gasteiger partial charge in [-0.25, -0.2) is 0 Å². The fourth-order valence-electron chi connectivity index (χ4n) is 2.88. The molecule has 0 radical (unpaired) electrons. The minimum Gasteiger partial charge on any atom is -0.497 e. The molecule has 0 bridgehead atoms. The summed E-state index contributed by atoms with van der Waals surface area (Å²) in [6.07, 6.45) is 1.73. The Kier molecular flexibility index (Phi) is 7.15. The first-order chi connectivity index (χ1) is 11.7. The number of hydrogen-bond donors (Lipinski definition) is 1. The van der Waals surface area contributed by atoms with Crippen molar-refractivity contribution in [2.45, 2.75) is 26.4 Å². The van der Waals surface area contributed by atoms with Gasteiger partial charge in [-0.2, -0.15) is 0 Å². The molecule has 0 aliphatic carbocycles. The van der Waals surface area contributed by atoms with Crippen molar-refractivity contribution in [1.82, 2.24) is 10.2 Å². The minimum atomic E-state index is 0.225. The maximum atomic E-state index is 5.63. The number of nitrogens with one attached hydrogen (secondary N) is 1. The second-order valence-corrected chi connectivity index (χ2v) is 5.60. The van der Waals surface area contributed by atoms with Gasteiger partial charge in [-0.1, -0.05) is 13.8 Å². The van der Waals surface area contributed by atoms with Crippen molar-refractivity contribution in [3.63, 3.8) is 0 Å². The standard InChI is InChI=1S/C19H28N2O3/c1-5-21(6-2)18(19-8-7-9-24-19)14-20-13-15-10-16(22-3)12-17(11-15)23-4/h7-12,18,20H,5-6,13-14H2,1-4H3. The maximum absolute atomic E-state index is 5.63. The van der Waals surface area contributed by atoms with E-state index >= 15 is 0 Å². The predicted molar refractivity (Wildman–Crippen MR) is 95.6 cm³/mol. The lowest BCUT2D eigenvalue weighted by Crippen LogP contribution is -2.35. The van der Waals surface area contributed by atoms with Gasteiger partial charge < -0.3 is 19.2 Å². The van der Waals surface area contributed by atoms with Crippen LogP contribution in [0.3, 0.4) is 0 Å². The van der Waals surface area contributed by atoms with Gasteiger partial charge in [0.1, 0.15) is 17.3 Å². The highest BCUT2D eigenvalue weighted by Crippen LogP contribution is 2.23. The molecule has 1 aromatic heterocycles. The number of hydrogen-bond acceptors (Lipinski definition) is 5. The van der Waals surface area contributed by atoms with Crippen molar-refractivity contribution in [3.05, 3.63) is 47.9 Å². The Morgan fingerprint density at radius 2 is 1.75 bits per heavy atom. The Morgan fingerprint density at radius 3 is 2.25 bits per heavy atom. The number of methoxy groups -OCH3 is 2. The molecule has 0 fully saturated rings. The maximum Gasteiger partial charge on any atom is 0.122 e. The van der Waals surface area contributed by atoms with Gasteiger partial charge in [0.25, 0.3) is 0 Å². The molecule has 1 aromatic carbocycles. The number of rotatable bonds is 10. The molecule has 0 amide bonds. The number of benzene rings is 1. The summed E-state index contributed by atoms with van der Waals surface area (Å²) in [5, 5.41) is 3.53. The van der Waals surface area contributed by atoms with Crippen LogP contribution >= 0.6 is 0 Å². The lowest BCUT2D eigenvalue weighted by molar-refractivity contribution is 0.188. The lowest BCUT2D eigenvalue weighted by Gasteiger charge is -2.28. The van der Waals surface area contributed by atoms with Crippen LogP contribution in [0.1, 0.15) is 31.2 Å². The third kappa shape index (κ3) is 4.76. The van der Waals surface area contributed by atoms with Gasteiger partial charge in [0.05, 0.1) is 26.5 Å². The predicted octanol–water partition coefficient (Wildman–Crippen LogP) is 3.47. The molecule has 5 nitrogen and oxygen atoms in total. The van der Waals surface area contributed by atoms with Gasteiger partial charge in [0.2, 0.25) is 0 Å². The summed E-state index contributed by atoms with van der Waals surface area (Å²) in [7, 11) is 3.33. The highest BCUT2D eigenvalue weighted by Gasteiger charge is 2.20. The summed E-state index contributed by atoms with van der Waals surface area (Å²) in [5.74, 6) is 2.60. The van der Waals surface area contributed by atoms with E-state index in [2.05, 4.69) is 24.1 Å². The van der Waals surface area contributed by atoms with Gasteiger partial charge in [-0.05, 0) is 42.9 Å². The Balaban J connectivity index is 2.02. The summed E-state index contributed by atoms with van der Waals surface area (Å²) < 4.78 is 16.3. The van der Waals surface area contributed by atoms with Crippen molar-refractivity contribution >= 4 is 0 Å². The first-order valence-electron chi connectivity index (χ1n) is 8.41. The van der Waals surface area contributed by atoms with E-state index in [0.717, 1.165) is 49.0 Å². The SMILES string of the molecule is CCN(CC)C(CNCc1cc(OC)cc(OC)c1)c1ccco1. The van der Waals surface area contributed by atoms with Gasteiger partial charge >= 0.3 is 0 Å². The molecular formula is C19H28N2O3. The molecule has 1 heterocycles. The Hall–Kier alpha value is -1.98. The average Bonchev–Trinajstić information content (AvgIpc) is 3.15. The van der Waals surface area contributed by atoms with E-state index in [0.29, 0.717) is 0 Å². The Bertz CT molecular complexity index is 572. The van der Waals surface area contributed by atoms with Crippen LogP contribution in [0.5, 0.6) is 11.5 Å². The van der Waals surface area contributed by atoms with Crippen LogP contribution in [-0.2, 0) is 6.54 Å². The third-order valence-electron chi connectivity index (χ3n) is 4.20. The van der Waals surface area contributed by atoms with E-state index in [-0.39, 0.29) is 6.04 Å². The van der Waals surface area contributed by atoms with Crippen molar-refractivity contribution in [2.24, 2.45) is 0 Å². The highest BCUT2D eigenvalue weighted by molar-refractivity contribution is 5.38. The van der Waals surface area contributed by atoms with E-state index in [1.807, 2.05) is 30.3 Å². The number of likely N-dealkylation sites (N-methyl/N-ethyl adjacent to an activating group) is 1. The Labute approximate surface area is 144 Å². The normalized spacial score (nSPS) is 12.4. The summed E-state index contributed by atoms with van der Waals surface area (Å²) in [6, 6.07) is 10.1. The van der Waals surface area contributed by atoms with Crippen LogP contribution in [-0.4, -0.2) is 38.8 Å². The van der Waals surface area contributed by atoms with E-state index in [1.165, 1.54) is 0 Å². The van der Waals surface area contributed by atoms with E-state index in [4.69, 9.17) is 13.9 Å². The highest BCUT2D eigenvalue weighted by atomic mass is 16.5. The molecule has 1 atom stereocenters. The summed E-state index contributed by atoms with van der Waals surface area (Å²) in [6.45, 7) is 7.87. The molecule has 2 rings (SSSR count). The summed E-state index contributed by atoms with van der Waals surface area (Å²) in [5.41, 5.74) is 1.13.